The van der Waals surface area contributed by atoms with Gasteiger partial charge in [-0.25, -0.2) is 18.1 Å². The normalized spacial score (nSPS) is 12.0. The summed E-state index contributed by atoms with van der Waals surface area (Å²) in [4.78, 5) is 7.19. The molecule has 0 bridgehead atoms. The van der Waals surface area contributed by atoms with Crippen LogP contribution in [0.4, 0.5) is 0 Å². The molecule has 3 rings (SSSR count). The van der Waals surface area contributed by atoms with Crippen molar-refractivity contribution in [3.8, 4) is 0 Å². The summed E-state index contributed by atoms with van der Waals surface area (Å²) in [5.41, 5.74) is 2.94. The zero-order valence-corrected chi connectivity index (χ0v) is 12.2. The molecule has 0 saturated heterocycles. The molecule has 0 amide bonds. The number of hydrogen-bond acceptors (Lipinski definition) is 4. The van der Waals surface area contributed by atoms with E-state index in [0.717, 1.165) is 16.6 Å². The Kier molecular flexibility index (Phi) is 3.56. The number of nitrogens with one attached hydrogen (secondary N) is 2. The predicted molar refractivity (Wildman–Crippen MR) is 79.3 cm³/mol. The number of thiophene rings is 1. The van der Waals surface area contributed by atoms with Crippen LogP contribution in [0.5, 0.6) is 0 Å². The third-order valence-corrected chi connectivity index (χ3v) is 5.81. The number of H-pyrrole nitrogens is 1. The van der Waals surface area contributed by atoms with Crippen LogP contribution in [0.2, 0.25) is 0 Å². The summed E-state index contributed by atoms with van der Waals surface area (Å²) in [6.07, 6.45) is 2.29. The van der Waals surface area contributed by atoms with Crippen LogP contribution in [-0.2, 0) is 16.4 Å². The number of aromatic nitrogens is 2. The third-order valence-electron chi connectivity index (χ3n) is 2.95. The number of fused-ring (bicyclic) bond motifs is 1. The lowest BCUT2D eigenvalue weighted by molar-refractivity contribution is 0.584. The van der Waals surface area contributed by atoms with Crippen LogP contribution in [0.25, 0.3) is 11.0 Å². The van der Waals surface area contributed by atoms with Crippen molar-refractivity contribution in [2.24, 2.45) is 0 Å². The molecule has 2 heterocycles. The summed E-state index contributed by atoms with van der Waals surface area (Å²) in [5, 5.41) is 1.75. The fourth-order valence-corrected chi connectivity index (χ4v) is 4.02. The van der Waals surface area contributed by atoms with Crippen molar-refractivity contribution in [2.45, 2.75) is 10.6 Å². The highest BCUT2D eigenvalue weighted by molar-refractivity contribution is 7.91. The van der Waals surface area contributed by atoms with Gasteiger partial charge in [0.05, 0.1) is 17.4 Å². The third kappa shape index (κ3) is 2.74. The topological polar surface area (TPSA) is 74.8 Å². The van der Waals surface area contributed by atoms with Gasteiger partial charge in [0, 0.05) is 6.54 Å². The van der Waals surface area contributed by atoms with Crippen LogP contribution in [0.3, 0.4) is 0 Å². The van der Waals surface area contributed by atoms with E-state index in [0.29, 0.717) is 17.2 Å². The molecule has 0 spiro atoms. The van der Waals surface area contributed by atoms with Crippen molar-refractivity contribution >= 4 is 32.4 Å². The van der Waals surface area contributed by atoms with E-state index in [1.807, 2.05) is 18.2 Å². The molecule has 0 aliphatic heterocycles. The Hall–Kier alpha value is -1.70. The summed E-state index contributed by atoms with van der Waals surface area (Å²) in [6.45, 7) is 0.375. The van der Waals surface area contributed by atoms with Gasteiger partial charge in [-0.3, -0.25) is 0 Å². The lowest BCUT2D eigenvalue weighted by Gasteiger charge is -2.05. The minimum Gasteiger partial charge on any atom is -0.345 e. The molecule has 0 saturated carbocycles. The minimum atomic E-state index is -3.37. The van der Waals surface area contributed by atoms with E-state index < -0.39 is 10.0 Å². The van der Waals surface area contributed by atoms with E-state index in [1.54, 1.807) is 23.8 Å². The molecule has 0 radical (unpaired) electrons. The van der Waals surface area contributed by atoms with E-state index in [1.165, 1.54) is 11.3 Å². The number of nitrogens with zero attached hydrogens (tertiary/aromatic N) is 1. The van der Waals surface area contributed by atoms with Crippen LogP contribution in [-0.4, -0.2) is 24.9 Å². The highest BCUT2D eigenvalue weighted by Crippen LogP contribution is 2.15. The zero-order valence-electron chi connectivity index (χ0n) is 10.5. The first kappa shape index (κ1) is 13.3. The van der Waals surface area contributed by atoms with Crippen LogP contribution in [0.15, 0.2) is 46.2 Å². The van der Waals surface area contributed by atoms with Crippen molar-refractivity contribution in [3.63, 3.8) is 0 Å². The van der Waals surface area contributed by atoms with E-state index >= 15 is 0 Å². The van der Waals surface area contributed by atoms with Gasteiger partial charge in [0.1, 0.15) is 4.21 Å². The smallest absolute Gasteiger partial charge is 0.250 e. The fourth-order valence-electron chi connectivity index (χ4n) is 1.96. The van der Waals surface area contributed by atoms with E-state index in [9.17, 15) is 8.42 Å². The number of aromatic amines is 1. The molecule has 7 heteroatoms. The number of sulfonamides is 1. The summed E-state index contributed by atoms with van der Waals surface area (Å²) in [5.74, 6) is 0. The second-order valence-corrected chi connectivity index (χ2v) is 7.28. The van der Waals surface area contributed by atoms with Crippen molar-refractivity contribution < 1.29 is 8.42 Å². The van der Waals surface area contributed by atoms with Gasteiger partial charge in [0.25, 0.3) is 0 Å². The Morgan fingerprint density at radius 1 is 1.30 bits per heavy atom. The first-order chi connectivity index (χ1) is 9.65. The second-order valence-electron chi connectivity index (χ2n) is 4.33. The molecule has 20 heavy (non-hydrogen) atoms. The fraction of sp³-hybridized carbons (Fsp3) is 0.154. The summed E-state index contributed by atoms with van der Waals surface area (Å²) < 4.78 is 26.8. The number of imidazole rings is 1. The van der Waals surface area contributed by atoms with Gasteiger partial charge >= 0.3 is 0 Å². The standard InChI is InChI=1S/C13H13N3O2S2/c17-20(18,13-2-1-7-19-13)16-6-5-10-3-4-11-12(8-10)15-9-14-11/h1-4,7-9,16H,5-6H2,(H,14,15). The summed E-state index contributed by atoms with van der Waals surface area (Å²) >= 11 is 1.22. The maximum atomic E-state index is 11.9. The van der Waals surface area contributed by atoms with Crippen molar-refractivity contribution in [3.05, 3.63) is 47.6 Å². The average Bonchev–Trinajstić information content (AvgIpc) is 3.09. The lowest BCUT2D eigenvalue weighted by Crippen LogP contribution is -2.25. The number of benzene rings is 1. The molecule has 0 aliphatic carbocycles. The second kappa shape index (κ2) is 5.35. The van der Waals surface area contributed by atoms with Crippen molar-refractivity contribution in [1.82, 2.24) is 14.7 Å². The first-order valence-corrected chi connectivity index (χ1v) is 8.47. The molecule has 2 N–H and O–H groups in total. The Balaban J connectivity index is 1.65. The highest BCUT2D eigenvalue weighted by atomic mass is 32.2. The molecule has 0 unspecified atom stereocenters. The average molecular weight is 307 g/mol. The van der Waals surface area contributed by atoms with Gasteiger partial charge in [0.2, 0.25) is 10.0 Å². The Morgan fingerprint density at radius 2 is 2.20 bits per heavy atom. The monoisotopic (exact) mass is 307 g/mol. The van der Waals surface area contributed by atoms with Crippen molar-refractivity contribution in [2.75, 3.05) is 6.54 Å². The zero-order chi connectivity index (χ0) is 14.0. The maximum absolute atomic E-state index is 11.9. The predicted octanol–water partition coefficient (Wildman–Crippen LogP) is 2.15. The first-order valence-electron chi connectivity index (χ1n) is 6.10. The molecular weight excluding hydrogens is 294 g/mol. The molecule has 0 aliphatic rings. The molecule has 0 fully saturated rings. The number of hydrogen-bond donors (Lipinski definition) is 2. The molecule has 1 aromatic carbocycles. The molecule has 3 aromatic rings. The lowest BCUT2D eigenvalue weighted by atomic mass is 10.1. The van der Waals surface area contributed by atoms with E-state index in [4.69, 9.17) is 0 Å². The van der Waals surface area contributed by atoms with Crippen LogP contribution < -0.4 is 4.72 Å². The molecule has 5 nitrogen and oxygen atoms in total. The highest BCUT2D eigenvalue weighted by Gasteiger charge is 2.13. The van der Waals surface area contributed by atoms with Gasteiger partial charge in [-0.1, -0.05) is 12.1 Å². The van der Waals surface area contributed by atoms with Crippen molar-refractivity contribution in [1.29, 1.82) is 0 Å². The molecule has 0 atom stereocenters. The maximum Gasteiger partial charge on any atom is 0.250 e. The minimum absolute atomic E-state index is 0.349. The van der Waals surface area contributed by atoms with Gasteiger partial charge in [-0.15, -0.1) is 11.3 Å². The Morgan fingerprint density at radius 3 is 3.00 bits per heavy atom. The summed E-state index contributed by atoms with van der Waals surface area (Å²) in [6, 6.07) is 9.20. The van der Waals surface area contributed by atoms with Crippen LogP contribution in [0.1, 0.15) is 5.56 Å². The molecule has 2 aromatic heterocycles. The summed E-state index contributed by atoms with van der Waals surface area (Å²) in [7, 11) is -3.37. The van der Waals surface area contributed by atoms with Crippen LogP contribution >= 0.6 is 11.3 Å². The van der Waals surface area contributed by atoms with Gasteiger partial charge in [-0.2, -0.15) is 0 Å². The molecular formula is C13H13N3O2S2. The van der Waals surface area contributed by atoms with Gasteiger partial charge in [-0.05, 0) is 35.6 Å². The number of rotatable bonds is 5. The van der Waals surface area contributed by atoms with Crippen LogP contribution in [0, 0.1) is 0 Å². The Bertz CT molecular complexity index is 807. The quantitative estimate of drug-likeness (QED) is 0.758. The van der Waals surface area contributed by atoms with Gasteiger partial charge < -0.3 is 4.98 Å². The Labute approximate surface area is 120 Å². The van der Waals surface area contributed by atoms with E-state index in [2.05, 4.69) is 14.7 Å². The SMILES string of the molecule is O=S(=O)(NCCc1ccc2nc[nH]c2c1)c1cccs1. The molecule has 104 valence electrons. The van der Waals surface area contributed by atoms with Gasteiger partial charge in [0.15, 0.2) is 0 Å². The van der Waals surface area contributed by atoms with E-state index in [-0.39, 0.29) is 0 Å². The largest absolute Gasteiger partial charge is 0.345 e.